The number of piperidine rings is 2. The Labute approximate surface area is 198 Å². The van der Waals surface area contributed by atoms with Crippen LogP contribution in [0.15, 0.2) is 0 Å². The molecule has 3 heterocycles. The van der Waals surface area contributed by atoms with Crippen LogP contribution in [0, 0.1) is 11.8 Å². The number of hydrazine groups is 1. The summed E-state index contributed by atoms with van der Waals surface area (Å²) < 4.78 is 0. The van der Waals surface area contributed by atoms with Crippen LogP contribution in [-0.2, 0) is 4.79 Å². The Hall–Kier alpha value is -0.480. The summed E-state index contributed by atoms with van der Waals surface area (Å²) >= 11 is 6.50. The van der Waals surface area contributed by atoms with Gasteiger partial charge in [0.05, 0.1) is 17.7 Å². The fourth-order valence-corrected chi connectivity index (χ4v) is 6.53. The van der Waals surface area contributed by atoms with E-state index < -0.39 is 0 Å². The second-order valence-electron chi connectivity index (χ2n) is 10.4. The third-order valence-electron chi connectivity index (χ3n) is 8.14. The van der Waals surface area contributed by atoms with Gasteiger partial charge >= 0.3 is 0 Å². The Balaban J connectivity index is 1.20. The first-order chi connectivity index (χ1) is 15.5. The van der Waals surface area contributed by atoms with Crippen molar-refractivity contribution in [1.82, 2.24) is 37.0 Å². The summed E-state index contributed by atoms with van der Waals surface area (Å²) in [6.07, 6.45) is 9.42. The molecular weight excluding hydrogens is 426 g/mol. The molecule has 1 saturated carbocycles. The highest BCUT2D eigenvalue weighted by Crippen LogP contribution is 2.26. The SMILES string of the molecule is C[C@H](NC(=O)C1CCCC(NCC2NNC(C3CCNCC3)N2C)C1)C1NCCCC1Cl. The van der Waals surface area contributed by atoms with Crippen LogP contribution in [-0.4, -0.2) is 79.9 Å². The molecule has 1 amide bonds. The highest BCUT2D eigenvalue weighted by Gasteiger charge is 2.36. The summed E-state index contributed by atoms with van der Waals surface area (Å²) in [4.78, 5) is 15.4. The first kappa shape index (κ1) is 24.6. The molecule has 0 aromatic heterocycles. The molecule has 0 bridgehead atoms. The van der Waals surface area contributed by atoms with E-state index >= 15 is 0 Å². The smallest absolute Gasteiger partial charge is 0.223 e. The van der Waals surface area contributed by atoms with Gasteiger partial charge in [0.15, 0.2) is 0 Å². The molecule has 3 saturated heterocycles. The Morgan fingerprint density at radius 1 is 1.09 bits per heavy atom. The monoisotopic (exact) mass is 469 g/mol. The summed E-state index contributed by atoms with van der Waals surface area (Å²) in [7, 11) is 2.22. The molecular formula is C23H44ClN7O. The zero-order chi connectivity index (χ0) is 22.5. The number of nitrogens with zero attached hydrogens (tertiary/aromatic N) is 1. The number of carbonyl (C=O) groups excluding carboxylic acids is 1. The van der Waals surface area contributed by atoms with Crippen molar-refractivity contribution in [2.75, 3.05) is 33.2 Å². The first-order valence-corrected chi connectivity index (χ1v) is 13.3. The van der Waals surface area contributed by atoms with E-state index in [4.69, 9.17) is 11.6 Å². The summed E-state index contributed by atoms with van der Waals surface area (Å²) in [6.45, 7) is 6.20. The molecule has 184 valence electrons. The van der Waals surface area contributed by atoms with E-state index in [9.17, 15) is 4.79 Å². The minimum atomic E-state index is 0.0629. The maximum Gasteiger partial charge on any atom is 0.223 e. The fourth-order valence-electron chi connectivity index (χ4n) is 6.07. The van der Waals surface area contributed by atoms with Gasteiger partial charge in [0, 0.05) is 30.6 Å². The van der Waals surface area contributed by atoms with Crippen molar-refractivity contribution >= 4 is 17.5 Å². The largest absolute Gasteiger partial charge is 0.352 e. The van der Waals surface area contributed by atoms with Gasteiger partial charge in [0.25, 0.3) is 0 Å². The van der Waals surface area contributed by atoms with E-state index in [1.807, 2.05) is 0 Å². The van der Waals surface area contributed by atoms with E-state index in [2.05, 4.69) is 51.0 Å². The Bertz CT molecular complexity index is 605. The quantitative estimate of drug-likeness (QED) is 0.306. The normalized spacial score (nSPS) is 38.5. The van der Waals surface area contributed by atoms with Gasteiger partial charge in [-0.3, -0.25) is 9.69 Å². The van der Waals surface area contributed by atoms with Crippen molar-refractivity contribution in [1.29, 1.82) is 0 Å². The number of hydrogen-bond acceptors (Lipinski definition) is 7. The number of rotatable bonds is 7. The molecule has 6 unspecified atom stereocenters. The number of carbonyl (C=O) groups is 1. The van der Waals surface area contributed by atoms with Gasteiger partial charge in [-0.2, -0.15) is 0 Å². The molecule has 7 atom stereocenters. The molecule has 8 nitrogen and oxygen atoms in total. The molecule has 3 aliphatic heterocycles. The van der Waals surface area contributed by atoms with Crippen molar-refractivity contribution < 1.29 is 4.79 Å². The van der Waals surface area contributed by atoms with E-state index in [-0.39, 0.29) is 35.5 Å². The molecule has 0 radical (unpaired) electrons. The predicted molar refractivity (Wildman–Crippen MR) is 129 cm³/mol. The van der Waals surface area contributed by atoms with Crippen LogP contribution >= 0.6 is 11.6 Å². The van der Waals surface area contributed by atoms with E-state index in [1.54, 1.807) is 0 Å². The van der Waals surface area contributed by atoms with Crippen LogP contribution in [0.4, 0.5) is 0 Å². The van der Waals surface area contributed by atoms with Gasteiger partial charge in [-0.05, 0) is 84.5 Å². The highest BCUT2D eigenvalue weighted by atomic mass is 35.5. The van der Waals surface area contributed by atoms with E-state index in [0.717, 1.165) is 64.7 Å². The summed E-state index contributed by atoms with van der Waals surface area (Å²) in [6, 6.07) is 0.626. The summed E-state index contributed by atoms with van der Waals surface area (Å²) in [5, 5.41) is 14.1. The van der Waals surface area contributed by atoms with Gasteiger partial charge in [-0.25, -0.2) is 10.9 Å². The maximum absolute atomic E-state index is 13.0. The fraction of sp³-hybridized carbons (Fsp3) is 0.957. The van der Waals surface area contributed by atoms with Crippen molar-refractivity contribution in [2.45, 2.75) is 94.1 Å². The van der Waals surface area contributed by atoms with Crippen LogP contribution in [0.25, 0.3) is 0 Å². The third kappa shape index (κ3) is 6.14. The number of nitrogens with one attached hydrogen (secondary N) is 6. The lowest BCUT2D eigenvalue weighted by molar-refractivity contribution is -0.127. The lowest BCUT2D eigenvalue weighted by Gasteiger charge is -2.36. The predicted octanol–water partition coefficient (Wildman–Crippen LogP) is 0.690. The number of hydrogen-bond donors (Lipinski definition) is 6. The van der Waals surface area contributed by atoms with Crippen molar-refractivity contribution in [3.8, 4) is 0 Å². The van der Waals surface area contributed by atoms with Crippen LogP contribution in [0.3, 0.4) is 0 Å². The maximum atomic E-state index is 13.0. The number of amides is 1. The highest BCUT2D eigenvalue weighted by molar-refractivity contribution is 6.21. The lowest BCUT2D eigenvalue weighted by Crippen LogP contribution is -2.56. The molecule has 32 heavy (non-hydrogen) atoms. The van der Waals surface area contributed by atoms with Crippen LogP contribution in [0.2, 0.25) is 0 Å². The van der Waals surface area contributed by atoms with Crippen molar-refractivity contribution in [2.24, 2.45) is 11.8 Å². The minimum Gasteiger partial charge on any atom is -0.352 e. The third-order valence-corrected chi connectivity index (χ3v) is 8.63. The zero-order valence-corrected chi connectivity index (χ0v) is 20.6. The summed E-state index contributed by atoms with van der Waals surface area (Å²) in [5.74, 6) is 0.981. The van der Waals surface area contributed by atoms with Crippen LogP contribution in [0.5, 0.6) is 0 Å². The molecule has 9 heteroatoms. The van der Waals surface area contributed by atoms with Crippen LogP contribution in [0.1, 0.15) is 58.3 Å². The molecule has 0 aromatic rings. The Morgan fingerprint density at radius 2 is 1.91 bits per heavy atom. The molecule has 1 aliphatic carbocycles. The Morgan fingerprint density at radius 3 is 2.69 bits per heavy atom. The average molecular weight is 470 g/mol. The molecule has 4 aliphatic rings. The Kier molecular flexibility index (Phi) is 9.07. The standard InChI is InChI=1S/C23H44ClN7O/c1-15(21-19(24)7-4-10-26-21)28-23(32)17-5-3-6-18(13-17)27-14-20-29-30-22(31(20)2)16-8-11-25-12-9-16/h15-22,25-27,29-30H,3-14H2,1-2H3,(H,28,32)/t15-,17?,18?,19?,20?,21?,22?/m0/s1. The zero-order valence-electron chi connectivity index (χ0n) is 19.8. The van der Waals surface area contributed by atoms with Crippen molar-refractivity contribution in [3.05, 3.63) is 0 Å². The molecule has 6 N–H and O–H groups in total. The number of likely N-dealkylation sites (N-methyl/N-ethyl adjacent to an activating group) is 1. The van der Waals surface area contributed by atoms with Gasteiger partial charge in [0.2, 0.25) is 5.91 Å². The average Bonchev–Trinajstić information content (AvgIpc) is 3.19. The van der Waals surface area contributed by atoms with Gasteiger partial charge in [0.1, 0.15) is 0 Å². The molecule has 4 fully saturated rings. The van der Waals surface area contributed by atoms with Crippen molar-refractivity contribution in [3.63, 3.8) is 0 Å². The second kappa shape index (κ2) is 11.8. The van der Waals surface area contributed by atoms with Crippen LogP contribution < -0.4 is 32.1 Å². The summed E-state index contributed by atoms with van der Waals surface area (Å²) in [5.41, 5.74) is 7.01. The van der Waals surface area contributed by atoms with E-state index in [0.29, 0.717) is 18.1 Å². The first-order valence-electron chi connectivity index (χ1n) is 12.9. The second-order valence-corrected chi connectivity index (χ2v) is 11.0. The minimum absolute atomic E-state index is 0.0629. The lowest BCUT2D eigenvalue weighted by atomic mass is 9.84. The van der Waals surface area contributed by atoms with E-state index in [1.165, 1.54) is 12.8 Å². The number of halogens is 1. The number of alkyl halides is 1. The molecule has 0 spiro atoms. The van der Waals surface area contributed by atoms with Gasteiger partial charge < -0.3 is 21.3 Å². The van der Waals surface area contributed by atoms with Gasteiger partial charge in [-0.15, -0.1) is 11.6 Å². The molecule has 0 aromatic carbocycles. The van der Waals surface area contributed by atoms with Gasteiger partial charge in [-0.1, -0.05) is 6.42 Å². The molecule has 4 rings (SSSR count). The topological polar surface area (TPSA) is 92.5 Å².